The average Bonchev–Trinajstić information content (AvgIpc) is 2.20. The number of benzene rings is 1. The van der Waals surface area contributed by atoms with Gasteiger partial charge in [0.2, 0.25) is 0 Å². The van der Waals surface area contributed by atoms with Crippen molar-refractivity contribution in [2.75, 3.05) is 0 Å². The molecule has 1 rings (SSSR count). The van der Waals surface area contributed by atoms with Gasteiger partial charge in [0.25, 0.3) is 0 Å². The molecule has 15 heavy (non-hydrogen) atoms. The lowest BCUT2D eigenvalue weighted by molar-refractivity contribution is 0.349. The summed E-state index contributed by atoms with van der Waals surface area (Å²) in [5.41, 5.74) is 0.974. The summed E-state index contributed by atoms with van der Waals surface area (Å²) >= 11 is 0. The number of hydrogen-bond acceptors (Lipinski definition) is 0. The van der Waals surface area contributed by atoms with Crippen LogP contribution >= 0.6 is 0 Å². The Morgan fingerprint density at radius 2 is 1.80 bits per heavy atom. The highest BCUT2D eigenvalue weighted by Crippen LogP contribution is 2.19. The molecule has 0 unspecified atom stereocenters. The summed E-state index contributed by atoms with van der Waals surface area (Å²) in [5, 5.41) is 11.4. The number of hydrogen-bond donors (Lipinski definition) is 0. The van der Waals surface area contributed by atoms with E-state index in [2.05, 4.69) is 13.8 Å². The fourth-order valence-corrected chi connectivity index (χ4v) is 1.76. The van der Waals surface area contributed by atoms with Gasteiger partial charge in [0, 0.05) is 0 Å². The number of unbranched alkanes of at least 4 members (excludes halogenated alkanes) is 2. The lowest BCUT2D eigenvalue weighted by atomic mass is 10.0. The maximum atomic E-state index is 11.4. The molecule has 0 amide bonds. The normalized spacial score (nSPS) is 10.9. The molecule has 1 radical (unpaired) electrons. The Morgan fingerprint density at radius 1 is 1.07 bits per heavy atom. The van der Waals surface area contributed by atoms with Gasteiger partial charge in [-0.3, -0.25) is 5.11 Å². The van der Waals surface area contributed by atoms with Crippen LogP contribution in [0.5, 0.6) is 5.75 Å². The SMILES string of the molecule is CC(C)CCCCCc1ccccc1[O]. The predicted octanol–water partition coefficient (Wildman–Crippen LogP) is 4.59. The summed E-state index contributed by atoms with van der Waals surface area (Å²) in [7, 11) is 0. The van der Waals surface area contributed by atoms with Crippen molar-refractivity contribution < 1.29 is 5.11 Å². The van der Waals surface area contributed by atoms with Crippen molar-refractivity contribution in [3.63, 3.8) is 0 Å². The van der Waals surface area contributed by atoms with Crippen LogP contribution in [0.25, 0.3) is 0 Å². The van der Waals surface area contributed by atoms with Gasteiger partial charge in [0.05, 0.1) is 0 Å². The van der Waals surface area contributed by atoms with E-state index in [9.17, 15) is 5.11 Å². The van der Waals surface area contributed by atoms with Crippen molar-refractivity contribution in [3.05, 3.63) is 29.8 Å². The Morgan fingerprint density at radius 3 is 2.47 bits per heavy atom. The largest absolute Gasteiger partial charge is 0.290 e. The second-order valence-corrected chi connectivity index (χ2v) is 4.60. The van der Waals surface area contributed by atoms with E-state index in [4.69, 9.17) is 0 Å². The summed E-state index contributed by atoms with van der Waals surface area (Å²) in [6.45, 7) is 4.51. The standard InChI is InChI=1S/C14H21O/c1-12(2)8-4-3-5-9-13-10-6-7-11-14(13)15/h6-7,10-12H,3-5,8-9H2,1-2H3. The van der Waals surface area contributed by atoms with Gasteiger partial charge in [-0.25, -0.2) is 0 Å². The van der Waals surface area contributed by atoms with Gasteiger partial charge < -0.3 is 0 Å². The zero-order valence-electron chi connectivity index (χ0n) is 9.83. The molecule has 0 spiro atoms. The van der Waals surface area contributed by atoms with Gasteiger partial charge in [-0.2, -0.15) is 0 Å². The molecule has 0 saturated heterocycles. The van der Waals surface area contributed by atoms with E-state index in [1.807, 2.05) is 18.2 Å². The van der Waals surface area contributed by atoms with Crippen molar-refractivity contribution in [2.45, 2.75) is 46.0 Å². The van der Waals surface area contributed by atoms with Gasteiger partial charge in [0.15, 0.2) is 5.75 Å². The fraction of sp³-hybridized carbons (Fsp3) is 0.571. The number of para-hydroxylation sites is 1. The summed E-state index contributed by atoms with van der Waals surface area (Å²) < 4.78 is 0. The molecule has 0 saturated carbocycles. The van der Waals surface area contributed by atoms with Gasteiger partial charge in [-0.1, -0.05) is 51.3 Å². The van der Waals surface area contributed by atoms with Crippen LogP contribution in [0.3, 0.4) is 0 Å². The minimum atomic E-state index is 0.196. The van der Waals surface area contributed by atoms with Crippen molar-refractivity contribution >= 4 is 0 Å². The molecule has 83 valence electrons. The number of aryl methyl sites for hydroxylation is 1. The van der Waals surface area contributed by atoms with Crippen LogP contribution in [0.4, 0.5) is 0 Å². The van der Waals surface area contributed by atoms with Gasteiger partial charge in [-0.05, 0) is 30.4 Å². The molecule has 1 heteroatoms. The molecule has 0 heterocycles. The lowest BCUT2D eigenvalue weighted by Gasteiger charge is -2.04. The third-order valence-electron chi connectivity index (χ3n) is 2.70. The van der Waals surface area contributed by atoms with E-state index in [0.29, 0.717) is 0 Å². The first-order valence-corrected chi connectivity index (χ1v) is 5.95. The molecule has 0 atom stereocenters. The van der Waals surface area contributed by atoms with Crippen LogP contribution in [-0.2, 0) is 11.5 Å². The van der Waals surface area contributed by atoms with Crippen LogP contribution in [0.2, 0.25) is 0 Å². The van der Waals surface area contributed by atoms with E-state index in [1.54, 1.807) is 6.07 Å². The monoisotopic (exact) mass is 205 g/mol. The minimum absolute atomic E-state index is 0.196. The van der Waals surface area contributed by atoms with Crippen LogP contribution in [-0.4, -0.2) is 0 Å². The molecule has 0 aliphatic heterocycles. The first-order chi connectivity index (χ1) is 7.20. The Hall–Kier alpha value is -0.980. The van der Waals surface area contributed by atoms with Crippen LogP contribution in [0.15, 0.2) is 24.3 Å². The summed E-state index contributed by atoms with van der Waals surface area (Å²) in [4.78, 5) is 0. The van der Waals surface area contributed by atoms with Crippen molar-refractivity contribution in [1.29, 1.82) is 0 Å². The van der Waals surface area contributed by atoms with Gasteiger partial charge in [-0.15, -0.1) is 0 Å². The molecule has 0 N–H and O–H groups in total. The van der Waals surface area contributed by atoms with Gasteiger partial charge in [0.1, 0.15) is 0 Å². The maximum absolute atomic E-state index is 11.4. The lowest BCUT2D eigenvalue weighted by Crippen LogP contribution is -1.89. The zero-order chi connectivity index (χ0) is 11.1. The Balaban J connectivity index is 2.18. The first kappa shape index (κ1) is 12.1. The molecular weight excluding hydrogens is 184 g/mol. The Kier molecular flexibility index (Phi) is 5.23. The van der Waals surface area contributed by atoms with Crippen LogP contribution in [0.1, 0.15) is 45.1 Å². The molecule has 1 aromatic rings. The molecule has 1 aromatic carbocycles. The minimum Gasteiger partial charge on any atom is -0.290 e. The highest BCUT2D eigenvalue weighted by Gasteiger charge is 2.01. The Labute approximate surface area is 93.1 Å². The van der Waals surface area contributed by atoms with Gasteiger partial charge >= 0.3 is 0 Å². The molecular formula is C14H21O. The van der Waals surface area contributed by atoms with E-state index >= 15 is 0 Å². The topological polar surface area (TPSA) is 19.9 Å². The second kappa shape index (κ2) is 6.49. The summed E-state index contributed by atoms with van der Waals surface area (Å²) in [6.07, 6.45) is 5.92. The Bertz CT molecular complexity index is 278. The third-order valence-corrected chi connectivity index (χ3v) is 2.70. The summed E-state index contributed by atoms with van der Waals surface area (Å²) in [5.74, 6) is 0.998. The molecule has 0 bridgehead atoms. The van der Waals surface area contributed by atoms with Crippen LogP contribution in [0, 0.1) is 5.92 Å². The first-order valence-electron chi connectivity index (χ1n) is 5.95. The molecule has 1 nitrogen and oxygen atoms in total. The van der Waals surface area contributed by atoms with Crippen molar-refractivity contribution in [3.8, 4) is 5.75 Å². The number of rotatable bonds is 6. The molecule has 0 fully saturated rings. The third kappa shape index (κ3) is 4.87. The van der Waals surface area contributed by atoms with E-state index in [1.165, 1.54) is 19.3 Å². The quantitative estimate of drug-likeness (QED) is 0.605. The second-order valence-electron chi connectivity index (χ2n) is 4.60. The fourth-order valence-electron chi connectivity index (χ4n) is 1.76. The highest BCUT2D eigenvalue weighted by molar-refractivity contribution is 5.31. The average molecular weight is 205 g/mol. The maximum Gasteiger partial charge on any atom is 0.181 e. The smallest absolute Gasteiger partial charge is 0.181 e. The highest BCUT2D eigenvalue weighted by atomic mass is 16.3. The molecule has 0 aliphatic carbocycles. The van der Waals surface area contributed by atoms with Crippen LogP contribution < -0.4 is 0 Å². The van der Waals surface area contributed by atoms with E-state index < -0.39 is 0 Å². The van der Waals surface area contributed by atoms with Crippen molar-refractivity contribution in [1.82, 2.24) is 0 Å². The van der Waals surface area contributed by atoms with E-state index in [0.717, 1.165) is 24.3 Å². The van der Waals surface area contributed by atoms with Crippen molar-refractivity contribution in [2.24, 2.45) is 5.92 Å². The molecule has 0 aromatic heterocycles. The zero-order valence-corrected chi connectivity index (χ0v) is 9.83. The van der Waals surface area contributed by atoms with E-state index in [-0.39, 0.29) is 5.75 Å². The molecule has 0 aliphatic rings. The predicted molar refractivity (Wildman–Crippen MR) is 63.6 cm³/mol. The summed E-state index contributed by atoms with van der Waals surface area (Å²) in [6, 6.07) is 7.36.